The van der Waals surface area contributed by atoms with E-state index in [2.05, 4.69) is 15.4 Å². The molecule has 1 saturated heterocycles. The van der Waals surface area contributed by atoms with Crippen LogP contribution in [0.4, 0.5) is 4.79 Å². The summed E-state index contributed by atoms with van der Waals surface area (Å²) < 4.78 is 30.1. The molecule has 122 valence electrons. The van der Waals surface area contributed by atoms with E-state index in [-0.39, 0.29) is 32.1 Å². The average Bonchev–Trinajstić information content (AvgIpc) is 2.72. The molecular formula is C11H21N3O6S. The van der Waals surface area contributed by atoms with E-state index in [1.807, 2.05) is 0 Å². The second-order valence-electron chi connectivity index (χ2n) is 5.01. The molecule has 1 aliphatic rings. The first-order valence-corrected chi connectivity index (χ1v) is 8.19. The number of sulfonamides is 1. The van der Waals surface area contributed by atoms with Gasteiger partial charge >= 0.3 is 12.0 Å². The van der Waals surface area contributed by atoms with Crippen molar-refractivity contribution in [2.75, 3.05) is 32.1 Å². The van der Waals surface area contributed by atoms with Crippen molar-refractivity contribution in [2.45, 2.75) is 19.9 Å². The van der Waals surface area contributed by atoms with E-state index >= 15 is 0 Å². The van der Waals surface area contributed by atoms with Crippen LogP contribution in [-0.4, -0.2) is 63.6 Å². The highest BCUT2D eigenvalue weighted by Crippen LogP contribution is 2.28. The zero-order valence-corrected chi connectivity index (χ0v) is 12.8. The van der Waals surface area contributed by atoms with Crippen molar-refractivity contribution in [3.63, 3.8) is 0 Å². The molecule has 0 aliphatic carbocycles. The van der Waals surface area contributed by atoms with Crippen molar-refractivity contribution in [1.29, 1.82) is 0 Å². The minimum Gasteiger partial charge on any atom is -0.481 e. The van der Waals surface area contributed by atoms with E-state index in [9.17, 15) is 18.0 Å². The summed E-state index contributed by atoms with van der Waals surface area (Å²) in [5.74, 6) is -1.30. The molecule has 0 aromatic heterocycles. The standard InChI is InChI=1S/C11H21N3O6S/c1-3-13-21(18,19)5-4-12-10(17)14-8-6-20-7-11(8,2)9(15)16/h8,13H,3-7H2,1-2H3,(H,15,16)(H2,12,14,17). The monoisotopic (exact) mass is 323 g/mol. The van der Waals surface area contributed by atoms with Gasteiger partial charge < -0.3 is 20.5 Å². The number of hydrogen-bond acceptors (Lipinski definition) is 5. The molecular weight excluding hydrogens is 302 g/mol. The number of rotatable bonds is 7. The molecule has 2 amide bonds. The van der Waals surface area contributed by atoms with E-state index in [1.54, 1.807) is 6.92 Å². The van der Waals surface area contributed by atoms with Gasteiger partial charge in [0.15, 0.2) is 0 Å². The number of aliphatic carboxylic acids is 1. The Kier molecular flexibility index (Phi) is 5.93. The van der Waals surface area contributed by atoms with Crippen LogP contribution in [0.15, 0.2) is 0 Å². The third kappa shape index (κ3) is 4.83. The maximum absolute atomic E-state index is 11.7. The van der Waals surface area contributed by atoms with Gasteiger partial charge in [-0.15, -0.1) is 0 Å². The summed E-state index contributed by atoms with van der Waals surface area (Å²) in [6.45, 7) is 3.48. The van der Waals surface area contributed by atoms with Crippen LogP contribution in [0.3, 0.4) is 0 Å². The Balaban J connectivity index is 2.43. The van der Waals surface area contributed by atoms with Gasteiger partial charge in [-0.3, -0.25) is 4.79 Å². The van der Waals surface area contributed by atoms with Crippen molar-refractivity contribution >= 4 is 22.0 Å². The Morgan fingerprint density at radius 2 is 2.10 bits per heavy atom. The lowest BCUT2D eigenvalue weighted by atomic mass is 9.85. The third-order valence-electron chi connectivity index (χ3n) is 3.27. The van der Waals surface area contributed by atoms with Crippen molar-refractivity contribution in [1.82, 2.24) is 15.4 Å². The van der Waals surface area contributed by atoms with Crippen molar-refractivity contribution in [3.05, 3.63) is 0 Å². The first-order valence-electron chi connectivity index (χ1n) is 6.54. The average molecular weight is 323 g/mol. The van der Waals surface area contributed by atoms with Gasteiger partial charge in [-0.05, 0) is 6.92 Å². The maximum Gasteiger partial charge on any atom is 0.315 e. The Morgan fingerprint density at radius 1 is 1.43 bits per heavy atom. The largest absolute Gasteiger partial charge is 0.481 e. The first kappa shape index (κ1) is 17.7. The van der Waals surface area contributed by atoms with Gasteiger partial charge in [0.2, 0.25) is 10.0 Å². The van der Waals surface area contributed by atoms with Gasteiger partial charge in [0.05, 0.1) is 25.0 Å². The molecule has 1 rings (SSSR count). The summed E-state index contributed by atoms with van der Waals surface area (Å²) in [6.07, 6.45) is 0. The highest BCUT2D eigenvalue weighted by molar-refractivity contribution is 7.89. The number of amides is 2. The van der Waals surface area contributed by atoms with Crippen LogP contribution in [0.1, 0.15) is 13.8 Å². The van der Waals surface area contributed by atoms with Crippen LogP contribution >= 0.6 is 0 Å². The van der Waals surface area contributed by atoms with Crippen LogP contribution in [0.25, 0.3) is 0 Å². The van der Waals surface area contributed by atoms with Crippen molar-refractivity contribution in [2.24, 2.45) is 5.41 Å². The van der Waals surface area contributed by atoms with E-state index in [0.29, 0.717) is 0 Å². The third-order valence-corrected chi connectivity index (χ3v) is 4.74. The van der Waals surface area contributed by atoms with Gasteiger partial charge in [0, 0.05) is 13.1 Å². The molecule has 2 atom stereocenters. The number of carboxylic acid groups (broad SMARTS) is 1. The molecule has 0 saturated carbocycles. The lowest BCUT2D eigenvalue weighted by Gasteiger charge is -2.25. The zero-order valence-electron chi connectivity index (χ0n) is 12.0. The van der Waals surface area contributed by atoms with Gasteiger partial charge in [-0.1, -0.05) is 6.92 Å². The fraction of sp³-hybridized carbons (Fsp3) is 0.818. The predicted octanol–water partition coefficient (Wildman–Crippen LogP) is -1.29. The molecule has 10 heteroatoms. The summed E-state index contributed by atoms with van der Waals surface area (Å²) >= 11 is 0. The van der Waals surface area contributed by atoms with Crippen molar-refractivity contribution < 1.29 is 27.9 Å². The number of hydrogen-bond donors (Lipinski definition) is 4. The van der Waals surface area contributed by atoms with E-state index < -0.39 is 33.5 Å². The highest BCUT2D eigenvalue weighted by Gasteiger charge is 2.47. The smallest absolute Gasteiger partial charge is 0.315 e. The quantitative estimate of drug-likeness (QED) is 0.461. The van der Waals surface area contributed by atoms with Crippen LogP contribution in [0, 0.1) is 5.41 Å². The molecule has 1 aliphatic heterocycles. The highest BCUT2D eigenvalue weighted by atomic mass is 32.2. The molecule has 0 spiro atoms. The van der Waals surface area contributed by atoms with Crippen LogP contribution in [0.5, 0.6) is 0 Å². The minimum atomic E-state index is -3.40. The summed E-state index contributed by atoms with van der Waals surface area (Å²) in [7, 11) is -3.40. The van der Waals surface area contributed by atoms with E-state index in [4.69, 9.17) is 9.84 Å². The molecule has 0 aromatic carbocycles. The Bertz CT molecular complexity index is 494. The fourth-order valence-corrected chi connectivity index (χ4v) is 2.84. The van der Waals surface area contributed by atoms with Gasteiger partial charge in [-0.2, -0.15) is 0 Å². The predicted molar refractivity (Wildman–Crippen MR) is 74.3 cm³/mol. The van der Waals surface area contributed by atoms with Crippen LogP contribution in [0.2, 0.25) is 0 Å². The molecule has 2 unspecified atom stereocenters. The molecule has 0 aromatic rings. The number of nitrogens with one attached hydrogen (secondary N) is 3. The SMILES string of the molecule is CCNS(=O)(=O)CCNC(=O)NC1COCC1(C)C(=O)O. The molecule has 1 fully saturated rings. The van der Waals surface area contributed by atoms with Gasteiger partial charge in [-0.25, -0.2) is 17.9 Å². The number of carbonyl (C=O) groups is 2. The molecule has 9 nitrogen and oxygen atoms in total. The number of carboxylic acids is 1. The Morgan fingerprint density at radius 3 is 2.67 bits per heavy atom. The summed E-state index contributed by atoms with van der Waals surface area (Å²) in [5.41, 5.74) is -1.19. The number of ether oxygens (including phenoxy) is 1. The van der Waals surface area contributed by atoms with Crippen LogP contribution in [-0.2, 0) is 19.6 Å². The Hall–Kier alpha value is -1.39. The second kappa shape index (κ2) is 7.05. The van der Waals surface area contributed by atoms with E-state index in [0.717, 1.165) is 0 Å². The zero-order chi connectivity index (χ0) is 16.1. The molecule has 4 N–H and O–H groups in total. The molecule has 1 heterocycles. The van der Waals surface area contributed by atoms with Gasteiger partial charge in [0.1, 0.15) is 5.41 Å². The molecule has 0 bridgehead atoms. The summed E-state index contributed by atoms with van der Waals surface area (Å²) in [4.78, 5) is 22.9. The lowest BCUT2D eigenvalue weighted by molar-refractivity contribution is -0.148. The molecule has 21 heavy (non-hydrogen) atoms. The van der Waals surface area contributed by atoms with Crippen LogP contribution < -0.4 is 15.4 Å². The van der Waals surface area contributed by atoms with Crippen molar-refractivity contribution in [3.8, 4) is 0 Å². The minimum absolute atomic E-state index is 0.0160. The maximum atomic E-state index is 11.7. The van der Waals surface area contributed by atoms with E-state index in [1.165, 1.54) is 6.92 Å². The normalized spacial score (nSPS) is 25.5. The topological polar surface area (TPSA) is 134 Å². The lowest BCUT2D eigenvalue weighted by Crippen LogP contribution is -2.53. The number of carbonyl (C=O) groups excluding carboxylic acids is 1. The molecule has 0 radical (unpaired) electrons. The number of urea groups is 1. The summed E-state index contributed by atoms with van der Waals surface area (Å²) in [6, 6.07) is -1.29. The second-order valence-corrected chi connectivity index (χ2v) is 6.93. The fourth-order valence-electron chi connectivity index (χ4n) is 1.89. The van der Waals surface area contributed by atoms with Gasteiger partial charge in [0.25, 0.3) is 0 Å². The first-order chi connectivity index (χ1) is 9.71. The Labute approximate surface area is 123 Å². The summed E-state index contributed by atoms with van der Waals surface area (Å²) in [5, 5.41) is 14.0.